The average molecular weight is 337 g/mol. The number of amides is 1. The third kappa shape index (κ3) is 4.02. The lowest BCUT2D eigenvalue weighted by Gasteiger charge is -2.10. The number of nitrogens with one attached hydrogen (secondary N) is 1. The van der Waals surface area contributed by atoms with Crippen LogP contribution in [0.1, 0.15) is 30.5 Å². The first-order valence-corrected chi connectivity index (χ1v) is 8.58. The molecule has 1 amide bonds. The molecule has 130 valence electrons. The molecule has 0 aromatic heterocycles. The van der Waals surface area contributed by atoms with Gasteiger partial charge in [-0.3, -0.25) is 4.79 Å². The third-order valence-corrected chi connectivity index (χ3v) is 4.15. The number of aryl methyl sites for hydroxylation is 1. The Morgan fingerprint density at radius 1 is 1.36 bits per heavy atom. The summed E-state index contributed by atoms with van der Waals surface area (Å²) < 4.78 is 11.5. The van der Waals surface area contributed by atoms with Crippen molar-refractivity contribution in [3.05, 3.63) is 59.2 Å². The zero-order valence-corrected chi connectivity index (χ0v) is 14.8. The second-order valence-corrected chi connectivity index (χ2v) is 6.20. The number of hydrogen-bond donors (Lipinski definition) is 1. The predicted molar refractivity (Wildman–Crippen MR) is 100 cm³/mol. The zero-order chi connectivity index (χ0) is 17.8. The monoisotopic (exact) mass is 337 g/mol. The first kappa shape index (κ1) is 17.1. The molecule has 4 nitrogen and oxygen atoms in total. The van der Waals surface area contributed by atoms with E-state index in [1.54, 1.807) is 6.08 Å². The minimum atomic E-state index is -0.175. The molecule has 4 heteroatoms. The molecule has 3 rings (SSSR count). The summed E-state index contributed by atoms with van der Waals surface area (Å²) in [4.78, 5) is 12.2. The molecule has 0 radical (unpaired) electrons. The SMILES string of the molecule is CCOc1cc2c(cc1/C=C/C(=O)Nc1ccccc1C)O[C@@H](C)C2. The third-order valence-electron chi connectivity index (χ3n) is 4.15. The minimum absolute atomic E-state index is 0.174. The summed E-state index contributed by atoms with van der Waals surface area (Å²) in [6, 6.07) is 11.7. The number of carbonyl (C=O) groups is 1. The van der Waals surface area contributed by atoms with Crippen LogP contribution in [0.25, 0.3) is 6.08 Å². The first-order chi connectivity index (χ1) is 12.1. The second-order valence-electron chi connectivity index (χ2n) is 6.20. The molecule has 0 fully saturated rings. The summed E-state index contributed by atoms with van der Waals surface area (Å²) in [7, 11) is 0. The Kier molecular flexibility index (Phi) is 5.08. The number of rotatable bonds is 5. The smallest absolute Gasteiger partial charge is 0.248 e. The number of hydrogen-bond acceptors (Lipinski definition) is 3. The highest BCUT2D eigenvalue weighted by Gasteiger charge is 2.21. The lowest BCUT2D eigenvalue weighted by molar-refractivity contribution is -0.111. The van der Waals surface area contributed by atoms with Crippen molar-refractivity contribution < 1.29 is 14.3 Å². The standard InChI is InChI=1S/C21H23NO3/c1-4-24-19-13-17-11-15(3)25-20(17)12-16(19)9-10-21(23)22-18-8-6-5-7-14(18)2/h5-10,12-13,15H,4,11H2,1-3H3,(H,22,23)/b10-9+/t15-/m0/s1. The quantitative estimate of drug-likeness (QED) is 0.824. The molecule has 1 N–H and O–H groups in total. The van der Waals surface area contributed by atoms with E-state index in [1.807, 2.05) is 57.2 Å². The number of ether oxygens (including phenoxy) is 2. The Morgan fingerprint density at radius 3 is 2.92 bits per heavy atom. The number of carbonyl (C=O) groups excluding carboxylic acids is 1. The fourth-order valence-electron chi connectivity index (χ4n) is 2.92. The van der Waals surface area contributed by atoms with Crippen molar-refractivity contribution in [2.24, 2.45) is 0 Å². The van der Waals surface area contributed by atoms with Gasteiger partial charge in [-0.1, -0.05) is 18.2 Å². The fraction of sp³-hybridized carbons (Fsp3) is 0.286. The number of benzene rings is 2. The van der Waals surface area contributed by atoms with Gasteiger partial charge in [0.1, 0.15) is 17.6 Å². The first-order valence-electron chi connectivity index (χ1n) is 8.58. The maximum absolute atomic E-state index is 12.2. The van der Waals surface area contributed by atoms with Crippen molar-refractivity contribution >= 4 is 17.7 Å². The van der Waals surface area contributed by atoms with Crippen LogP contribution in [0.15, 0.2) is 42.5 Å². The molecule has 25 heavy (non-hydrogen) atoms. The second kappa shape index (κ2) is 7.43. The highest BCUT2D eigenvalue weighted by Crippen LogP contribution is 2.35. The minimum Gasteiger partial charge on any atom is -0.493 e. The number of anilines is 1. The molecule has 0 saturated carbocycles. The highest BCUT2D eigenvalue weighted by molar-refractivity contribution is 6.02. The van der Waals surface area contributed by atoms with Crippen LogP contribution >= 0.6 is 0 Å². The summed E-state index contributed by atoms with van der Waals surface area (Å²) in [6.45, 7) is 6.53. The van der Waals surface area contributed by atoms with Gasteiger partial charge in [0.15, 0.2) is 0 Å². The van der Waals surface area contributed by atoms with Crippen molar-refractivity contribution in [3.63, 3.8) is 0 Å². The number of fused-ring (bicyclic) bond motifs is 1. The Bertz CT molecular complexity index is 811. The lowest BCUT2D eigenvalue weighted by Crippen LogP contribution is -2.08. The molecule has 2 aromatic carbocycles. The molecule has 0 aliphatic carbocycles. The molecular formula is C21H23NO3. The van der Waals surface area contributed by atoms with E-state index in [-0.39, 0.29) is 12.0 Å². The van der Waals surface area contributed by atoms with E-state index < -0.39 is 0 Å². The van der Waals surface area contributed by atoms with Gasteiger partial charge in [-0.2, -0.15) is 0 Å². The maximum Gasteiger partial charge on any atom is 0.248 e. The predicted octanol–water partition coefficient (Wildman–Crippen LogP) is 4.37. The van der Waals surface area contributed by atoms with Crippen LogP contribution in [0.5, 0.6) is 11.5 Å². The maximum atomic E-state index is 12.2. The number of para-hydroxylation sites is 1. The van der Waals surface area contributed by atoms with E-state index in [0.29, 0.717) is 6.61 Å². The molecule has 0 saturated heterocycles. The normalized spacial score (nSPS) is 15.7. The van der Waals surface area contributed by atoms with Crippen molar-refractivity contribution in [3.8, 4) is 11.5 Å². The fourth-order valence-corrected chi connectivity index (χ4v) is 2.92. The lowest BCUT2D eigenvalue weighted by atomic mass is 10.1. The van der Waals surface area contributed by atoms with Gasteiger partial charge < -0.3 is 14.8 Å². The molecule has 1 heterocycles. The van der Waals surface area contributed by atoms with Crippen molar-refractivity contribution in [2.45, 2.75) is 33.3 Å². The topological polar surface area (TPSA) is 47.6 Å². The Labute approximate surface area is 148 Å². The van der Waals surface area contributed by atoms with Gasteiger partial charge in [-0.05, 0) is 50.6 Å². The summed E-state index contributed by atoms with van der Waals surface area (Å²) in [5.41, 5.74) is 3.83. The van der Waals surface area contributed by atoms with Gasteiger partial charge in [-0.25, -0.2) is 0 Å². The molecule has 1 aliphatic heterocycles. The Balaban J connectivity index is 1.79. The van der Waals surface area contributed by atoms with Crippen LogP contribution in [-0.2, 0) is 11.2 Å². The van der Waals surface area contributed by atoms with Gasteiger partial charge in [0.2, 0.25) is 5.91 Å². The summed E-state index contributed by atoms with van der Waals surface area (Å²) in [5.74, 6) is 1.47. The van der Waals surface area contributed by atoms with Crippen molar-refractivity contribution in [2.75, 3.05) is 11.9 Å². The van der Waals surface area contributed by atoms with Crippen LogP contribution in [-0.4, -0.2) is 18.6 Å². The van der Waals surface area contributed by atoms with Crippen LogP contribution < -0.4 is 14.8 Å². The van der Waals surface area contributed by atoms with Crippen LogP contribution in [0.2, 0.25) is 0 Å². The van der Waals surface area contributed by atoms with Gasteiger partial charge in [0.05, 0.1) is 6.61 Å². The van der Waals surface area contributed by atoms with Crippen LogP contribution in [0, 0.1) is 6.92 Å². The van der Waals surface area contributed by atoms with E-state index >= 15 is 0 Å². The molecule has 2 aromatic rings. The summed E-state index contributed by atoms with van der Waals surface area (Å²) >= 11 is 0. The zero-order valence-electron chi connectivity index (χ0n) is 14.8. The van der Waals surface area contributed by atoms with E-state index in [2.05, 4.69) is 5.32 Å². The molecule has 1 aliphatic rings. The summed E-state index contributed by atoms with van der Waals surface area (Å²) in [6.07, 6.45) is 4.35. The largest absolute Gasteiger partial charge is 0.493 e. The highest BCUT2D eigenvalue weighted by atomic mass is 16.5. The average Bonchev–Trinajstić information content (AvgIpc) is 2.94. The van der Waals surface area contributed by atoms with E-state index in [9.17, 15) is 4.79 Å². The molecule has 0 spiro atoms. The van der Waals surface area contributed by atoms with Crippen molar-refractivity contribution in [1.29, 1.82) is 0 Å². The van der Waals surface area contributed by atoms with Gasteiger partial charge in [0, 0.05) is 29.3 Å². The summed E-state index contributed by atoms with van der Waals surface area (Å²) in [5, 5.41) is 2.89. The van der Waals surface area contributed by atoms with E-state index in [0.717, 1.165) is 40.3 Å². The molecule has 1 atom stereocenters. The Morgan fingerprint density at radius 2 is 2.16 bits per heavy atom. The van der Waals surface area contributed by atoms with Gasteiger partial charge in [0.25, 0.3) is 0 Å². The molecular weight excluding hydrogens is 314 g/mol. The van der Waals surface area contributed by atoms with Gasteiger partial charge in [-0.15, -0.1) is 0 Å². The van der Waals surface area contributed by atoms with Crippen molar-refractivity contribution in [1.82, 2.24) is 0 Å². The van der Waals surface area contributed by atoms with Crippen LogP contribution in [0.4, 0.5) is 5.69 Å². The molecule has 0 unspecified atom stereocenters. The van der Waals surface area contributed by atoms with E-state index in [1.165, 1.54) is 6.08 Å². The molecule has 0 bridgehead atoms. The van der Waals surface area contributed by atoms with Gasteiger partial charge >= 0.3 is 0 Å². The van der Waals surface area contributed by atoms with Crippen LogP contribution in [0.3, 0.4) is 0 Å². The van der Waals surface area contributed by atoms with E-state index in [4.69, 9.17) is 9.47 Å². The Hall–Kier alpha value is -2.75.